The second-order valence-electron chi connectivity index (χ2n) is 4.84. The van der Waals surface area contributed by atoms with Gasteiger partial charge in [-0.05, 0) is 12.8 Å². The van der Waals surface area contributed by atoms with Crippen molar-refractivity contribution in [3.63, 3.8) is 0 Å². The molecule has 0 aliphatic carbocycles. The molecule has 0 spiro atoms. The highest BCUT2D eigenvalue weighted by Crippen LogP contribution is 2.12. The molecule has 0 saturated carbocycles. The van der Waals surface area contributed by atoms with Crippen LogP contribution in [0.2, 0.25) is 0 Å². The van der Waals surface area contributed by atoms with E-state index in [9.17, 15) is 8.42 Å². The number of hydrogen-bond acceptors (Lipinski definition) is 5. The van der Waals surface area contributed by atoms with Crippen LogP contribution in [-0.4, -0.2) is 69.6 Å². The van der Waals surface area contributed by atoms with Gasteiger partial charge in [0.15, 0.2) is 0 Å². The maximum Gasteiger partial charge on any atom is 0.279 e. The molecular weight excluding hydrogens is 268 g/mol. The number of nitriles is 1. The van der Waals surface area contributed by atoms with Gasteiger partial charge in [-0.25, -0.2) is 0 Å². The van der Waals surface area contributed by atoms with Gasteiger partial charge in [-0.15, -0.1) is 0 Å². The fourth-order valence-electron chi connectivity index (χ4n) is 2.38. The first-order valence-electron chi connectivity index (χ1n) is 6.56. The number of nitrogens with zero attached hydrogens (tertiary/aromatic N) is 3. The highest BCUT2D eigenvalue weighted by Gasteiger charge is 2.28. The molecule has 0 aromatic rings. The van der Waals surface area contributed by atoms with Gasteiger partial charge in [-0.3, -0.25) is 4.90 Å². The molecule has 1 N–H and O–H groups in total. The zero-order valence-electron chi connectivity index (χ0n) is 10.9. The van der Waals surface area contributed by atoms with E-state index in [-0.39, 0.29) is 6.04 Å². The Labute approximate surface area is 114 Å². The van der Waals surface area contributed by atoms with Crippen LogP contribution in [0.4, 0.5) is 0 Å². The van der Waals surface area contributed by atoms with Gasteiger partial charge in [0.25, 0.3) is 10.2 Å². The predicted molar refractivity (Wildman–Crippen MR) is 69.5 cm³/mol. The van der Waals surface area contributed by atoms with Crippen LogP contribution in [0.15, 0.2) is 0 Å². The Bertz CT molecular complexity index is 420. The summed E-state index contributed by atoms with van der Waals surface area (Å²) in [6.45, 7) is 3.71. The normalized spacial score (nSPS) is 24.2. The van der Waals surface area contributed by atoms with Crippen LogP contribution in [0.1, 0.15) is 12.8 Å². The lowest BCUT2D eigenvalue weighted by atomic mass is 10.1. The fourth-order valence-corrected chi connectivity index (χ4v) is 3.82. The molecule has 2 rings (SSSR count). The molecule has 0 aromatic carbocycles. The minimum Gasteiger partial charge on any atom is -0.379 e. The fraction of sp³-hybridized carbons (Fsp3) is 0.909. The van der Waals surface area contributed by atoms with E-state index in [2.05, 4.69) is 10.8 Å². The highest BCUT2D eigenvalue weighted by molar-refractivity contribution is 7.87. The van der Waals surface area contributed by atoms with E-state index < -0.39 is 10.2 Å². The summed E-state index contributed by atoms with van der Waals surface area (Å²) in [5.41, 5.74) is 0. The maximum absolute atomic E-state index is 12.2. The number of rotatable bonds is 4. The molecule has 2 fully saturated rings. The first kappa shape index (κ1) is 14.7. The first-order valence-corrected chi connectivity index (χ1v) is 8.00. The quantitative estimate of drug-likeness (QED) is 0.680. The number of ether oxygens (including phenoxy) is 1. The zero-order chi connectivity index (χ0) is 13.7. The molecule has 0 aromatic heterocycles. The molecule has 2 saturated heterocycles. The third-order valence-corrected chi connectivity index (χ3v) is 5.18. The molecule has 0 bridgehead atoms. The third-order valence-electron chi connectivity index (χ3n) is 3.51. The van der Waals surface area contributed by atoms with Gasteiger partial charge in [-0.2, -0.15) is 22.7 Å². The molecule has 2 aliphatic rings. The lowest BCUT2D eigenvalue weighted by Crippen LogP contribution is -2.52. The van der Waals surface area contributed by atoms with Gasteiger partial charge >= 0.3 is 0 Å². The van der Waals surface area contributed by atoms with Crippen LogP contribution in [0, 0.1) is 11.3 Å². The molecule has 0 radical (unpaired) electrons. The van der Waals surface area contributed by atoms with Gasteiger partial charge in [0, 0.05) is 32.2 Å². The summed E-state index contributed by atoms with van der Waals surface area (Å²) in [4.78, 5) is 2.04. The molecule has 7 nitrogen and oxygen atoms in total. The molecule has 0 unspecified atom stereocenters. The number of piperidine rings is 1. The summed E-state index contributed by atoms with van der Waals surface area (Å²) < 4.78 is 33.7. The topological polar surface area (TPSA) is 85.7 Å². The first-order chi connectivity index (χ1) is 9.12. The average Bonchev–Trinajstić information content (AvgIpc) is 2.42. The van der Waals surface area contributed by atoms with Gasteiger partial charge in [-0.1, -0.05) is 0 Å². The SMILES string of the molecule is N#CCN1CCC(NS(=O)(=O)N2CCOCC2)CC1. The summed E-state index contributed by atoms with van der Waals surface area (Å²) in [5.74, 6) is 0. The molecule has 2 heterocycles. The van der Waals surface area contributed by atoms with Crippen LogP contribution in [0.5, 0.6) is 0 Å². The molecule has 0 atom stereocenters. The second-order valence-corrected chi connectivity index (χ2v) is 6.55. The summed E-state index contributed by atoms with van der Waals surface area (Å²) in [5, 5.41) is 8.62. The standard InChI is InChI=1S/C11H20N4O3S/c12-3-6-14-4-1-11(2-5-14)13-19(16,17)15-7-9-18-10-8-15/h11,13H,1-2,4-10H2. The maximum atomic E-state index is 12.2. The average molecular weight is 288 g/mol. The molecule has 19 heavy (non-hydrogen) atoms. The number of nitrogens with one attached hydrogen (secondary N) is 1. The van der Waals surface area contributed by atoms with Crippen molar-refractivity contribution in [2.24, 2.45) is 0 Å². The summed E-state index contributed by atoms with van der Waals surface area (Å²) >= 11 is 0. The van der Waals surface area contributed by atoms with Crippen molar-refractivity contribution in [2.75, 3.05) is 45.9 Å². The van der Waals surface area contributed by atoms with E-state index in [1.54, 1.807) is 0 Å². The van der Waals surface area contributed by atoms with Crippen LogP contribution in [0.25, 0.3) is 0 Å². The monoisotopic (exact) mass is 288 g/mol. The van der Waals surface area contributed by atoms with Crippen molar-refractivity contribution in [1.29, 1.82) is 5.26 Å². The van der Waals surface area contributed by atoms with Crippen LogP contribution in [-0.2, 0) is 14.9 Å². The van der Waals surface area contributed by atoms with Crippen LogP contribution < -0.4 is 4.72 Å². The summed E-state index contributed by atoms with van der Waals surface area (Å²) in [6.07, 6.45) is 1.51. The van der Waals surface area contributed by atoms with E-state index in [1.807, 2.05) is 4.90 Å². The van der Waals surface area contributed by atoms with E-state index in [4.69, 9.17) is 10.00 Å². The Balaban J connectivity index is 1.82. The lowest BCUT2D eigenvalue weighted by Gasteiger charge is -2.33. The smallest absolute Gasteiger partial charge is 0.279 e. The van der Waals surface area contributed by atoms with Crippen molar-refractivity contribution in [2.45, 2.75) is 18.9 Å². The Kier molecular flexibility index (Phi) is 5.13. The van der Waals surface area contributed by atoms with Gasteiger partial charge in [0.05, 0.1) is 25.8 Å². The molecule has 0 amide bonds. The van der Waals surface area contributed by atoms with Crippen LogP contribution in [0.3, 0.4) is 0 Å². The highest BCUT2D eigenvalue weighted by atomic mass is 32.2. The lowest BCUT2D eigenvalue weighted by molar-refractivity contribution is 0.0721. The van der Waals surface area contributed by atoms with Crippen molar-refractivity contribution in [3.05, 3.63) is 0 Å². The van der Waals surface area contributed by atoms with E-state index in [0.717, 1.165) is 25.9 Å². The largest absolute Gasteiger partial charge is 0.379 e. The van der Waals surface area contributed by atoms with Gasteiger partial charge in [0.2, 0.25) is 0 Å². The van der Waals surface area contributed by atoms with E-state index in [0.29, 0.717) is 32.8 Å². The number of hydrogen-bond donors (Lipinski definition) is 1. The predicted octanol–water partition coefficient (Wildman–Crippen LogP) is -0.859. The van der Waals surface area contributed by atoms with Crippen molar-refractivity contribution in [3.8, 4) is 6.07 Å². The van der Waals surface area contributed by atoms with E-state index in [1.165, 1.54) is 4.31 Å². The molecular formula is C11H20N4O3S. The molecule has 108 valence electrons. The minimum atomic E-state index is -3.39. The Morgan fingerprint density at radius 2 is 1.84 bits per heavy atom. The summed E-state index contributed by atoms with van der Waals surface area (Å²) in [6, 6.07) is 2.09. The number of morpholine rings is 1. The Hall–Kier alpha value is -0.720. The van der Waals surface area contributed by atoms with Crippen LogP contribution >= 0.6 is 0 Å². The van der Waals surface area contributed by atoms with Crippen molar-refractivity contribution >= 4 is 10.2 Å². The van der Waals surface area contributed by atoms with Gasteiger partial charge < -0.3 is 4.74 Å². The van der Waals surface area contributed by atoms with E-state index >= 15 is 0 Å². The van der Waals surface area contributed by atoms with Crippen molar-refractivity contribution < 1.29 is 13.2 Å². The molecule has 2 aliphatic heterocycles. The zero-order valence-corrected chi connectivity index (χ0v) is 11.7. The van der Waals surface area contributed by atoms with Gasteiger partial charge in [0.1, 0.15) is 0 Å². The Morgan fingerprint density at radius 1 is 1.21 bits per heavy atom. The third kappa shape index (κ3) is 4.12. The second kappa shape index (κ2) is 6.63. The minimum absolute atomic E-state index is 0.0252. The number of likely N-dealkylation sites (tertiary alicyclic amines) is 1. The Morgan fingerprint density at radius 3 is 2.42 bits per heavy atom. The van der Waals surface area contributed by atoms with Crippen molar-refractivity contribution in [1.82, 2.24) is 13.9 Å². The summed E-state index contributed by atoms with van der Waals surface area (Å²) in [7, 11) is -3.39. The molecule has 8 heteroatoms.